The molecule has 0 aromatic carbocycles. The van der Waals surface area contributed by atoms with Crippen LogP contribution < -0.4 is 5.14 Å². The number of aliphatic hydroxyl groups is 1. The number of piperidine rings is 1. The van der Waals surface area contributed by atoms with Crippen LogP contribution in [-0.2, 0) is 10.0 Å². The van der Waals surface area contributed by atoms with E-state index in [4.69, 9.17) is 5.14 Å². The molecule has 0 radical (unpaired) electrons. The van der Waals surface area contributed by atoms with E-state index >= 15 is 0 Å². The Hall–Kier alpha value is -0.170. The van der Waals surface area contributed by atoms with Gasteiger partial charge >= 0.3 is 0 Å². The van der Waals surface area contributed by atoms with E-state index in [0.29, 0.717) is 0 Å². The first-order valence-electron chi connectivity index (χ1n) is 4.75. The van der Waals surface area contributed by atoms with E-state index in [9.17, 15) is 13.5 Å². The maximum absolute atomic E-state index is 10.8. The third kappa shape index (κ3) is 3.91. The van der Waals surface area contributed by atoms with Gasteiger partial charge in [-0.05, 0) is 32.4 Å². The maximum atomic E-state index is 10.8. The van der Waals surface area contributed by atoms with Crippen molar-refractivity contribution in [3.05, 3.63) is 0 Å². The first-order chi connectivity index (χ1) is 6.38. The molecule has 1 aliphatic rings. The fourth-order valence-corrected chi connectivity index (χ4v) is 2.64. The Morgan fingerprint density at radius 2 is 2.29 bits per heavy atom. The lowest BCUT2D eigenvalue weighted by atomic mass is 9.94. The Morgan fingerprint density at radius 3 is 2.79 bits per heavy atom. The average molecular weight is 222 g/mol. The number of likely N-dealkylation sites (tertiary alicyclic amines) is 1. The summed E-state index contributed by atoms with van der Waals surface area (Å²) in [6.07, 6.45) is 1.05. The Balaban J connectivity index is 2.47. The summed E-state index contributed by atoms with van der Waals surface area (Å²) in [6, 6.07) is 0. The van der Waals surface area contributed by atoms with E-state index < -0.39 is 16.1 Å². The molecule has 0 amide bonds. The Labute approximate surface area is 84.9 Å². The van der Waals surface area contributed by atoms with Crippen molar-refractivity contribution < 1.29 is 13.5 Å². The van der Waals surface area contributed by atoms with E-state index in [2.05, 4.69) is 4.90 Å². The average Bonchev–Trinajstić information content (AvgIpc) is 2.01. The standard InChI is InChI=1S/C8H18N2O3S/c1-10-4-2-3-7(5-10)8(11)6-14(9,12)13/h7-8,11H,2-6H2,1H3,(H2,9,12,13). The number of nitrogens with two attached hydrogens (primary N) is 1. The van der Waals surface area contributed by atoms with Crippen LogP contribution in [0.15, 0.2) is 0 Å². The summed E-state index contributed by atoms with van der Waals surface area (Å²) in [5, 5.41) is 14.5. The molecule has 1 rings (SSSR count). The Morgan fingerprint density at radius 1 is 1.64 bits per heavy atom. The van der Waals surface area contributed by atoms with Crippen LogP contribution in [0.1, 0.15) is 12.8 Å². The number of aliphatic hydroxyl groups excluding tert-OH is 1. The monoisotopic (exact) mass is 222 g/mol. The molecule has 0 saturated carbocycles. The van der Waals surface area contributed by atoms with Crippen molar-refractivity contribution in [3.8, 4) is 0 Å². The first-order valence-corrected chi connectivity index (χ1v) is 6.47. The molecule has 0 spiro atoms. The van der Waals surface area contributed by atoms with Crippen LogP contribution in [0.2, 0.25) is 0 Å². The highest BCUT2D eigenvalue weighted by atomic mass is 32.2. The van der Waals surface area contributed by atoms with Crippen LogP contribution in [0, 0.1) is 5.92 Å². The second kappa shape index (κ2) is 4.57. The second-order valence-corrected chi connectivity index (χ2v) is 5.72. The Kier molecular flexibility index (Phi) is 3.88. The molecule has 5 nitrogen and oxygen atoms in total. The van der Waals surface area contributed by atoms with E-state index in [-0.39, 0.29) is 11.7 Å². The summed E-state index contributed by atoms with van der Waals surface area (Å²) in [5.41, 5.74) is 0. The van der Waals surface area contributed by atoms with Crippen molar-refractivity contribution >= 4 is 10.0 Å². The van der Waals surface area contributed by atoms with Gasteiger partial charge in [-0.25, -0.2) is 13.6 Å². The second-order valence-electron chi connectivity index (χ2n) is 4.06. The molecule has 0 aromatic heterocycles. The predicted molar refractivity (Wildman–Crippen MR) is 54.2 cm³/mol. The summed E-state index contributed by atoms with van der Waals surface area (Å²) in [5.74, 6) is -0.294. The molecule has 6 heteroatoms. The van der Waals surface area contributed by atoms with Gasteiger partial charge < -0.3 is 10.0 Å². The van der Waals surface area contributed by atoms with Crippen LogP contribution in [0.4, 0.5) is 0 Å². The minimum Gasteiger partial charge on any atom is -0.392 e. The van der Waals surface area contributed by atoms with Gasteiger partial charge in [-0.2, -0.15) is 0 Å². The molecule has 0 aliphatic carbocycles. The molecule has 1 aliphatic heterocycles. The molecule has 14 heavy (non-hydrogen) atoms. The van der Waals surface area contributed by atoms with Gasteiger partial charge in [0.05, 0.1) is 11.9 Å². The number of hydrogen-bond donors (Lipinski definition) is 2. The number of sulfonamides is 1. The predicted octanol–water partition coefficient (Wildman–Crippen LogP) is -1.02. The summed E-state index contributed by atoms with van der Waals surface area (Å²) < 4.78 is 21.5. The minimum absolute atomic E-state index is 0.0343. The van der Waals surface area contributed by atoms with Crippen molar-refractivity contribution in [3.63, 3.8) is 0 Å². The molecule has 84 valence electrons. The summed E-state index contributed by atoms with van der Waals surface area (Å²) in [4.78, 5) is 2.10. The zero-order valence-electron chi connectivity index (χ0n) is 8.39. The lowest BCUT2D eigenvalue weighted by molar-refractivity contribution is 0.0748. The molecule has 1 saturated heterocycles. The molecule has 1 fully saturated rings. The molecule has 3 N–H and O–H groups in total. The van der Waals surface area contributed by atoms with Gasteiger partial charge in [0.2, 0.25) is 10.0 Å². The van der Waals surface area contributed by atoms with E-state index in [1.165, 1.54) is 0 Å². The van der Waals surface area contributed by atoms with Gasteiger partial charge in [-0.3, -0.25) is 0 Å². The molecule has 2 atom stereocenters. The summed E-state index contributed by atoms with van der Waals surface area (Å²) >= 11 is 0. The van der Waals surface area contributed by atoms with Crippen LogP contribution in [0.5, 0.6) is 0 Å². The highest BCUT2D eigenvalue weighted by molar-refractivity contribution is 7.89. The van der Waals surface area contributed by atoms with Crippen LogP contribution in [0.25, 0.3) is 0 Å². The molecule has 2 unspecified atom stereocenters. The normalized spacial score (nSPS) is 27.5. The summed E-state index contributed by atoms with van der Waals surface area (Å²) in [6.45, 7) is 1.76. The highest BCUT2D eigenvalue weighted by Gasteiger charge is 2.26. The third-order valence-corrected chi connectivity index (χ3v) is 3.41. The van der Waals surface area contributed by atoms with Gasteiger partial charge in [0.1, 0.15) is 0 Å². The van der Waals surface area contributed by atoms with E-state index in [1.807, 2.05) is 7.05 Å². The zero-order chi connectivity index (χ0) is 10.8. The topological polar surface area (TPSA) is 83.6 Å². The quantitative estimate of drug-likeness (QED) is 0.640. The van der Waals surface area contributed by atoms with Crippen molar-refractivity contribution in [1.82, 2.24) is 4.90 Å². The number of primary sulfonamides is 1. The SMILES string of the molecule is CN1CCCC(C(O)CS(N)(=O)=O)C1. The molecule has 0 aromatic rings. The van der Waals surface area contributed by atoms with Crippen LogP contribution in [0.3, 0.4) is 0 Å². The smallest absolute Gasteiger partial charge is 0.211 e. The lowest BCUT2D eigenvalue weighted by Crippen LogP contribution is -2.41. The maximum Gasteiger partial charge on any atom is 0.211 e. The van der Waals surface area contributed by atoms with E-state index in [0.717, 1.165) is 25.9 Å². The number of hydrogen-bond acceptors (Lipinski definition) is 4. The van der Waals surface area contributed by atoms with Crippen molar-refractivity contribution in [2.24, 2.45) is 11.1 Å². The molecular formula is C8H18N2O3S. The van der Waals surface area contributed by atoms with Gasteiger partial charge in [0, 0.05) is 6.54 Å². The fraction of sp³-hybridized carbons (Fsp3) is 1.00. The van der Waals surface area contributed by atoms with Crippen molar-refractivity contribution in [2.75, 3.05) is 25.9 Å². The molecule has 0 bridgehead atoms. The zero-order valence-corrected chi connectivity index (χ0v) is 9.20. The van der Waals surface area contributed by atoms with Gasteiger partial charge in [0.15, 0.2) is 0 Å². The van der Waals surface area contributed by atoms with Gasteiger partial charge in [-0.15, -0.1) is 0 Å². The van der Waals surface area contributed by atoms with Crippen LogP contribution >= 0.6 is 0 Å². The minimum atomic E-state index is -3.56. The van der Waals surface area contributed by atoms with Crippen LogP contribution in [-0.4, -0.2) is 50.4 Å². The Bertz CT molecular complexity index is 278. The fourth-order valence-electron chi connectivity index (χ4n) is 1.89. The largest absolute Gasteiger partial charge is 0.392 e. The van der Waals surface area contributed by atoms with Crippen molar-refractivity contribution in [1.29, 1.82) is 0 Å². The van der Waals surface area contributed by atoms with Gasteiger partial charge in [0.25, 0.3) is 0 Å². The summed E-state index contributed by atoms with van der Waals surface area (Å²) in [7, 11) is -1.59. The third-order valence-electron chi connectivity index (χ3n) is 2.61. The lowest BCUT2D eigenvalue weighted by Gasteiger charge is -2.32. The number of nitrogens with zero attached hydrogens (tertiary/aromatic N) is 1. The van der Waals surface area contributed by atoms with Crippen molar-refractivity contribution in [2.45, 2.75) is 18.9 Å². The molecule has 1 heterocycles. The van der Waals surface area contributed by atoms with Gasteiger partial charge in [-0.1, -0.05) is 0 Å². The number of rotatable bonds is 3. The molecular weight excluding hydrogens is 204 g/mol. The first kappa shape index (κ1) is 11.9. The highest BCUT2D eigenvalue weighted by Crippen LogP contribution is 2.19. The van der Waals surface area contributed by atoms with E-state index in [1.54, 1.807) is 0 Å².